The second-order valence-electron chi connectivity index (χ2n) is 5.92. The minimum atomic E-state index is -0.780. The van der Waals surface area contributed by atoms with Crippen molar-refractivity contribution in [1.29, 1.82) is 5.26 Å². The molecule has 0 aromatic heterocycles. The van der Waals surface area contributed by atoms with Crippen molar-refractivity contribution in [2.24, 2.45) is 0 Å². The first-order valence-electron chi connectivity index (χ1n) is 8.79. The molecule has 146 valence electrons. The lowest BCUT2D eigenvalue weighted by Crippen LogP contribution is -2.35. The Balaban J connectivity index is 2.09. The predicted molar refractivity (Wildman–Crippen MR) is 102 cm³/mol. The van der Waals surface area contributed by atoms with Gasteiger partial charge < -0.3 is 14.4 Å². The van der Waals surface area contributed by atoms with Crippen LogP contribution in [0.5, 0.6) is 5.75 Å². The monoisotopic (exact) mass is 384 g/mol. The fraction of sp³-hybridized carbons (Fsp3) is 0.286. The van der Waals surface area contributed by atoms with E-state index in [0.717, 1.165) is 6.07 Å². The summed E-state index contributed by atoms with van der Waals surface area (Å²) in [4.78, 5) is 26.1. The molecule has 0 aliphatic carbocycles. The number of carbonyl (C=O) groups excluding carboxylic acids is 2. The summed E-state index contributed by atoms with van der Waals surface area (Å²) in [5, 5.41) is 8.85. The van der Waals surface area contributed by atoms with Crippen molar-refractivity contribution in [3.05, 3.63) is 59.4 Å². The summed E-state index contributed by atoms with van der Waals surface area (Å²) >= 11 is 0. The van der Waals surface area contributed by atoms with Crippen LogP contribution in [0.15, 0.2) is 42.5 Å². The van der Waals surface area contributed by atoms with E-state index in [1.807, 2.05) is 13.0 Å². The molecule has 2 aromatic carbocycles. The molecule has 0 aliphatic heterocycles. The lowest BCUT2D eigenvalue weighted by Gasteiger charge is -2.22. The highest BCUT2D eigenvalue weighted by Gasteiger charge is 2.19. The molecule has 0 saturated heterocycles. The van der Waals surface area contributed by atoms with Gasteiger partial charge in [-0.25, -0.2) is 9.18 Å². The molecule has 0 radical (unpaired) electrons. The summed E-state index contributed by atoms with van der Waals surface area (Å²) in [5.74, 6) is -1.17. The Labute approximate surface area is 163 Å². The third kappa shape index (κ3) is 5.55. The Bertz CT molecular complexity index is 875. The van der Waals surface area contributed by atoms with Crippen molar-refractivity contribution in [3.63, 3.8) is 0 Å². The Morgan fingerprint density at radius 1 is 1.18 bits per heavy atom. The Hall–Kier alpha value is -3.40. The Morgan fingerprint density at radius 2 is 1.89 bits per heavy atom. The molecule has 0 spiro atoms. The smallest absolute Gasteiger partial charge is 0.339 e. The maximum absolute atomic E-state index is 13.4. The van der Waals surface area contributed by atoms with Crippen LogP contribution in [0.2, 0.25) is 0 Å². The molecular weight excluding hydrogens is 363 g/mol. The van der Waals surface area contributed by atoms with Crippen molar-refractivity contribution in [3.8, 4) is 11.8 Å². The van der Waals surface area contributed by atoms with Crippen LogP contribution >= 0.6 is 0 Å². The van der Waals surface area contributed by atoms with Gasteiger partial charge in [-0.3, -0.25) is 4.79 Å². The number of rotatable bonds is 8. The molecule has 0 unspecified atom stereocenters. The van der Waals surface area contributed by atoms with E-state index in [1.54, 1.807) is 31.2 Å². The molecule has 0 heterocycles. The number of nitrogens with zero attached hydrogens (tertiary/aromatic N) is 2. The number of benzene rings is 2. The van der Waals surface area contributed by atoms with Gasteiger partial charge in [-0.1, -0.05) is 6.07 Å². The fourth-order valence-corrected chi connectivity index (χ4v) is 2.55. The van der Waals surface area contributed by atoms with E-state index in [9.17, 15) is 14.0 Å². The van der Waals surface area contributed by atoms with Gasteiger partial charge in [0.2, 0.25) is 0 Å². The van der Waals surface area contributed by atoms with Gasteiger partial charge in [0.05, 0.1) is 24.7 Å². The highest BCUT2D eigenvalue weighted by atomic mass is 19.1. The van der Waals surface area contributed by atoms with E-state index < -0.39 is 24.3 Å². The van der Waals surface area contributed by atoms with Crippen molar-refractivity contribution in [2.75, 3.05) is 24.7 Å². The molecule has 0 aliphatic rings. The number of aryl methyl sites for hydroxylation is 1. The number of hydrogen-bond acceptors (Lipinski definition) is 5. The summed E-state index contributed by atoms with van der Waals surface area (Å²) in [5.41, 5.74) is 1.17. The van der Waals surface area contributed by atoms with Gasteiger partial charge in [-0.2, -0.15) is 5.26 Å². The summed E-state index contributed by atoms with van der Waals surface area (Å²) in [6, 6.07) is 12.6. The molecule has 2 aromatic rings. The molecule has 6 nitrogen and oxygen atoms in total. The van der Waals surface area contributed by atoms with Crippen LogP contribution in [0, 0.1) is 24.1 Å². The second-order valence-corrected chi connectivity index (χ2v) is 5.92. The van der Waals surface area contributed by atoms with Crippen molar-refractivity contribution in [2.45, 2.75) is 20.3 Å². The maximum Gasteiger partial charge on any atom is 0.339 e. The third-order valence-corrected chi connectivity index (χ3v) is 3.95. The molecule has 28 heavy (non-hydrogen) atoms. The number of ether oxygens (including phenoxy) is 2. The molecule has 0 bridgehead atoms. The van der Waals surface area contributed by atoms with Crippen LogP contribution in [-0.2, 0) is 9.53 Å². The van der Waals surface area contributed by atoms with E-state index in [4.69, 9.17) is 14.7 Å². The summed E-state index contributed by atoms with van der Waals surface area (Å²) in [7, 11) is 0. The first-order valence-corrected chi connectivity index (χ1v) is 8.79. The molecule has 0 fully saturated rings. The quantitative estimate of drug-likeness (QED) is 0.649. The standard InChI is InChI=1S/C21H21FN2O4/c1-3-27-18-9-7-17(8-10-18)24(12-4-11-23)20(25)14-28-21(26)19-13-16(22)6-5-15(19)2/h5-10,13H,3-4,12,14H2,1-2H3. The van der Waals surface area contributed by atoms with Crippen LogP contribution in [0.1, 0.15) is 29.3 Å². The highest BCUT2D eigenvalue weighted by Crippen LogP contribution is 2.20. The van der Waals surface area contributed by atoms with Gasteiger partial charge >= 0.3 is 5.97 Å². The third-order valence-electron chi connectivity index (χ3n) is 3.95. The molecule has 2 rings (SSSR count). The zero-order valence-electron chi connectivity index (χ0n) is 15.8. The minimum absolute atomic E-state index is 0.0671. The summed E-state index contributed by atoms with van der Waals surface area (Å²) in [6.07, 6.45) is 0.121. The number of anilines is 1. The fourth-order valence-electron chi connectivity index (χ4n) is 2.55. The molecule has 0 atom stereocenters. The van der Waals surface area contributed by atoms with Crippen LogP contribution in [0.3, 0.4) is 0 Å². The van der Waals surface area contributed by atoms with Crippen LogP contribution in [0.4, 0.5) is 10.1 Å². The van der Waals surface area contributed by atoms with E-state index >= 15 is 0 Å². The SMILES string of the molecule is CCOc1ccc(N(CCC#N)C(=O)COC(=O)c2cc(F)ccc2C)cc1. The van der Waals surface area contributed by atoms with Crippen LogP contribution in [0.25, 0.3) is 0 Å². The van der Waals surface area contributed by atoms with Gasteiger partial charge in [0.1, 0.15) is 11.6 Å². The first-order chi connectivity index (χ1) is 13.5. The number of halogens is 1. The summed E-state index contributed by atoms with van der Waals surface area (Å²) in [6.45, 7) is 3.67. The van der Waals surface area contributed by atoms with Crippen molar-refractivity contribution < 1.29 is 23.5 Å². The lowest BCUT2D eigenvalue weighted by molar-refractivity contribution is -0.121. The predicted octanol–water partition coefficient (Wildman–Crippen LogP) is 3.64. The first kappa shape index (κ1) is 20.9. The molecule has 0 saturated carbocycles. The average molecular weight is 384 g/mol. The van der Waals surface area contributed by atoms with Gasteiger partial charge in [0, 0.05) is 12.2 Å². The van der Waals surface area contributed by atoms with E-state index in [0.29, 0.717) is 23.6 Å². The summed E-state index contributed by atoms with van der Waals surface area (Å²) < 4.78 is 23.8. The number of esters is 1. The zero-order valence-corrected chi connectivity index (χ0v) is 15.8. The topological polar surface area (TPSA) is 79.6 Å². The number of nitriles is 1. The van der Waals surface area contributed by atoms with Gasteiger partial charge in [0.15, 0.2) is 6.61 Å². The molecule has 1 amide bonds. The second kappa shape index (κ2) is 10.1. The maximum atomic E-state index is 13.4. The molecular formula is C21H21FN2O4. The average Bonchev–Trinajstić information content (AvgIpc) is 2.69. The molecule has 7 heteroatoms. The molecule has 0 N–H and O–H groups in total. The Kier molecular flexibility index (Phi) is 7.52. The number of hydrogen-bond donors (Lipinski definition) is 0. The Morgan fingerprint density at radius 3 is 2.54 bits per heavy atom. The van der Waals surface area contributed by atoms with E-state index in [2.05, 4.69) is 0 Å². The van der Waals surface area contributed by atoms with Gasteiger partial charge in [0.25, 0.3) is 5.91 Å². The number of amides is 1. The number of carbonyl (C=O) groups is 2. The van der Waals surface area contributed by atoms with E-state index in [-0.39, 0.29) is 18.5 Å². The van der Waals surface area contributed by atoms with Crippen molar-refractivity contribution >= 4 is 17.6 Å². The van der Waals surface area contributed by atoms with Gasteiger partial charge in [-0.05, 0) is 55.8 Å². The van der Waals surface area contributed by atoms with Crippen molar-refractivity contribution in [1.82, 2.24) is 0 Å². The minimum Gasteiger partial charge on any atom is -0.494 e. The zero-order chi connectivity index (χ0) is 20.5. The lowest BCUT2D eigenvalue weighted by atomic mass is 10.1. The highest BCUT2D eigenvalue weighted by molar-refractivity contribution is 5.97. The van der Waals surface area contributed by atoms with Crippen LogP contribution < -0.4 is 9.64 Å². The van der Waals surface area contributed by atoms with Crippen LogP contribution in [-0.4, -0.2) is 31.6 Å². The largest absolute Gasteiger partial charge is 0.494 e. The van der Waals surface area contributed by atoms with Gasteiger partial charge in [-0.15, -0.1) is 0 Å². The normalized spacial score (nSPS) is 10.1. The van der Waals surface area contributed by atoms with E-state index in [1.165, 1.54) is 17.0 Å².